The highest BCUT2D eigenvalue weighted by Gasteiger charge is 2.26. The number of hydrogen-bond acceptors (Lipinski definition) is 2. The number of ether oxygens (including phenoxy) is 1. The van der Waals surface area contributed by atoms with Gasteiger partial charge in [0, 0.05) is 26.3 Å². The predicted octanol–water partition coefficient (Wildman–Crippen LogP) is 2.28. The molecule has 1 aliphatic rings. The molecule has 1 rings (SSSR count). The van der Waals surface area contributed by atoms with Crippen LogP contribution in [0.25, 0.3) is 0 Å². The number of carbonyl (C=O) groups is 1. The first kappa shape index (κ1) is 13.8. The molecule has 1 saturated heterocycles. The van der Waals surface area contributed by atoms with Gasteiger partial charge in [0.2, 0.25) is 5.91 Å². The van der Waals surface area contributed by atoms with E-state index in [9.17, 15) is 4.79 Å². The first-order chi connectivity index (χ1) is 7.69. The van der Waals surface area contributed by atoms with Crippen molar-refractivity contribution in [2.75, 3.05) is 26.3 Å². The van der Waals surface area contributed by atoms with E-state index in [1.54, 1.807) is 0 Å². The van der Waals surface area contributed by atoms with Gasteiger partial charge in [-0.1, -0.05) is 6.92 Å². The Bertz CT molecular complexity index is 215. The van der Waals surface area contributed by atoms with Gasteiger partial charge >= 0.3 is 0 Å². The molecule has 0 spiro atoms. The summed E-state index contributed by atoms with van der Waals surface area (Å²) in [6, 6.07) is 0. The zero-order valence-corrected chi connectivity index (χ0v) is 11.0. The first-order valence-corrected chi connectivity index (χ1v) is 6.63. The van der Waals surface area contributed by atoms with Crippen LogP contribution in [0.3, 0.4) is 0 Å². The maximum Gasteiger partial charge on any atom is 0.240 e. The van der Waals surface area contributed by atoms with E-state index in [2.05, 4.69) is 0 Å². The lowest BCUT2D eigenvalue weighted by Gasteiger charge is -2.32. The Hall–Kier alpha value is -0.280. The third kappa shape index (κ3) is 3.95. The zero-order chi connectivity index (χ0) is 12.0. The Labute approximate surface area is 103 Å². The van der Waals surface area contributed by atoms with Crippen molar-refractivity contribution in [3.63, 3.8) is 0 Å². The predicted molar refractivity (Wildman–Crippen MR) is 65.7 cm³/mol. The van der Waals surface area contributed by atoms with E-state index >= 15 is 0 Å². The minimum Gasteiger partial charge on any atom is -0.381 e. The summed E-state index contributed by atoms with van der Waals surface area (Å²) >= 11 is 5.95. The molecule has 1 atom stereocenters. The molecule has 0 aromatic carbocycles. The number of alkyl halides is 1. The Balaban J connectivity index is 2.28. The van der Waals surface area contributed by atoms with Crippen LogP contribution in [0.2, 0.25) is 0 Å². The lowest BCUT2D eigenvalue weighted by Crippen LogP contribution is -2.42. The van der Waals surface area contributed by atoms with Crippen molar-refractivity contribution in [1.29, 1.82) is 0 Å². The Morgan fingerprint density at radius 3 is 2.56 bits per heavy atom. The van der Waals surface area contributed by atoms with E-state index in [1.165, 1.54) is 0 Å². The maximum atomic E-state index is 11.8. The van der Waals surface area contributed by atoms with Gasteiger partial charge in [0.15, 0.2) is 0 Å². The summed E-state index contributed by atoms with van der Waals surface area (Å²) < 4.78 is 5.41. The quantitative estimate of drug-likeness (QED) is 0.698. The molecule has 4 heteroatoms. The van der Waals surface area contributed by atoms with Gasteiger partial charge in [0.1, 0.15) is 5.38 Å². The highest BCUT2D eigenvalue weighted by Crippen LogP contribution is 2.19. The summed E-state index contributed by atoms with van der Waals surface area (Å²) in [4.78, 5) is 13.7. The molecule has 1 amide bonds. The van der Waals surface area contributed by atoms with Gasteiger partial charge in [-0.15, -0.1) is 11.6 Å². The summed E-state index contributed by atoms with van der Waals surface area (Å²) in [5.74, 6) is 0.707. The van der Waals surface area contributed by atoms with Crippen molar-refractivity contribution in [2.45, 2.75) is 38.5 Å². The van der Waals surface area contributed by atoms with E-state index < -0.39 is 0 Å². The Morgan fingerprint density at radius 2 is 2.06 bits per heavy atom. The lowest BCUT2D eigenvalue weighted by atomic mass is 9.97. The maximum absolute atomic E-state index is 11.8. The van der Waals surface area contributed by atoms with Crippen molar-refractivity contribution in [3.05, 3.63) is 0 Å². The summed E-state index contributed by atoms with van der Waals surface area (Å²) in [7, 11) is 0. The SMILES string of the molecule is CCOCC1CCN(C(=O)C(Cl)CC)CC1. The molecule has 3 nitrogen and oxygen atoms in total. The molecule has 0 aliphatic carbocycles. The Morgan fingerprint density at radius 1 is 1.44 bits per heavy atom. The van der Waals surface area contributed by atoms with Crippen molar-refractivity contribution in [3.8, 4) is 0 Å². The molecule has 0 bridgehead atoms. The fourth-order valence-electron chi connectivity index (χ4n) is 1.98. The second kappa shape index (κ2) is 7.13. The standard InChI is InChI=1S/C12H22ClNO2/c1-3-11(13)12(15)14-7-5-10(6-8-14)9-16-4-2/h10-11H,3-9H2,1-2H3. The third-order valence-electron chi connectivity index (χ3n) is 3.11. The van der Waals surface area contributed by atoms with Gasteiger partial charge in [-0.2, -0.15) is 0 Å². The average molecular weight is 248 g/mol. The molecule has 0 radical (unpaired) electrons. The zero-order valence-electron chi connectivity index (χ0n) is 10.2. The molecule has 0 aromatic rings. The van der Waals surface area contributed by atoms with E-state index in [1.807, 2.05) is 18.7 Å². The monoisotopic (exact) mass is 247 g/mol. The van der Waals surface area contributed by atoms with Gasteiger partial charge in [0.25, 0.3) is 0 Å². The fraction of sp³-hybridized carbons (Fsp3) is 0.917. The second-order valence-corrected chi connectivity index (χ2v) is 4.83. The van der Waals surface area contributed by atoms with Gasteiger partial charge in [-0.3, -0.25) is 4.79 Å². The van der Waals surface area contributed by atoms with E-state index in [-0.39, 0.29) is 11.3 Å². The van der Waals surface area contributed by atoms with Crippen LogP contribution in [0.4, 0.5) is 0 Å². The van der Waals surface area contributed by atoms with Crippen LogP contribution >= 0.6 is 11.6 Å². The molecule has 1 aliphatic heterocycles. The number of amides is 1. The molecule has 1 fully saturated rings. The number of rotatable bonds is 5. The minimum absolute atomic E-state index is 0.0963. The number of nitrogens with zero attached hydrogens (tertiary/aromatic N) is 1. The lowest BCUT2D eigenvalue weighted by molar-refractivity contribution is -0.132. The van der Waals surface area contributed by atoms with Crippen LogP contribution in [0.15, 0.2) is 0 Å². The van der Waals surface area contributed by atoms with Gasteiger partial charge < -0.3 is 9.64 Å². The fourth-order valence-corrected chi connectivity index (χ4v) is 2.12. The summed E-state index contributed by atoms with van der Waals surface area (Å²) in [6.45, 7) is 7.23. The normalized spacial score (nSPS) is 19.8. The number of likely N-dealkylation sites (tertiary alicyclic amines) is 1. The molecule has 0 N–H and O–H groups in total. The average Bonchev–Trinajstić information content (AvgIpc) is 2.35. The number of carbonyl (C=O) groups excluding carboxylic acids is 1. The van der Waals surface area contributed by atoms with Crippen molar-refractivity contribution >= 4 is 17.5 Å². The van der Waals surface area contributed by atoms with Crippen LogP contribution in [0, 0.1) is 5.92 Å². The smallest absolute Gasteiger partial charge is 0.240 e. The molecule has 1 heterocycles. The highest BCUT2D eigenvalue weighted by molar-refractivity contribution is 6.30. The molecule has 1 unspecified atom stereocenters. The number of piperidine rings is 1. The van der Waals surface area contributed by atoms with Crippen LogP contribution in [-0.4, -0.2) is 42.5 Å². The first-order valence-electron chi connectivity index (χ1n) is 6.19. The molecule has 0 saturated carbocycles. The largest absolute Gasteiger partial charge is 0.381 e. The van der Waals surface area contributed by atoms with Crippen molar-refractivity contribution in [2.24, 2.45) is 5.92 Å². The van der Waals surface area contributed by atoms with Crippen LogP contribution in [0.5, 0.6) is 0 Å². The third-order valence-corrected chi connectivity index (χ3v) is 3.61. The van der Waals surface area contributed by atoms with Crippen LogP contribution in [-0.2, 0) is 9.53 Å². The summed E-state index contributed by atoms with van der Waals surface area (Å²) in [5, 5.41) is -0.344. The topological polar surface area (TPSA) is 29.5 Å². The number of hydrogen-bond donors (Lipinski definition) is 0. The minimum atomic E-state index is -0.344. The molecule has 0 aromatic heterocycles. The van der Waals surface area contributed by atoms with Crippen LogP contribution < -0.4 is 0 Å². The number of halogens is 1. The van der Waals surface area contributed by atoms with Gasteiger partial charge in [-0.25, -0.2) is 0 Å². The molecular weight excluding hydrogens is 226 g/mol. The summed E-state index contributed by atoms with van der Waals surface area (Å²) in [6.07, 6.45) is 2.79. The Kier molecular flexibility index (Phi) is 6.14. The van der Waals surface area contributed by atoms with Gasteiger partial charge in [-0.05, 0) is 32.1 Å². The second-order valence-electron chi connectivity index (χ2n) is 4.30. The van der Waals surface area contributed by atoms with Crippen molar-refractivity contribution in [1.82, 2.24) is 4.90 Å². The summed E-state index contributed by atoms with van der Waals surface area (Å²) in [5.41, 5.74) is 0. The molecule has 94 valence electrons. The van der Waals surface area contributed by atoms with E-state index in [0.717, 1.165) is 39.1 Å². The van der Waals surface area contributed by atoms with E-state index in [0.29, 0.717) is 12.3 Å². The molecule has 16 heavy (non-hydrogen) atoms. The highest BCUT2D eigenvalue weighted by atomic mass is 35.5. The van der Waals surface area contributed by atoms with Gasteiger partial charge in [0.05, 0.1) is 0 Å². The van der Waals surface area contributed by atoms with Crippen LogP contribution in [0.1, 0.15) is 33.1 Å². The molecular formula is C12H22ClNO2. The van der Waals surface area contributed by atoms with E-state index in [4.69, 9.17) is 16.3 Å². The van der Waals surface area contributed by atoms with Crippen molar-refractivity contribution < 1.29 is 9.53 Å².